The summed E-state index contributed by atoms with van der Waals surface area (Å²) in [6.07, 6.45) is 7.23. The lowest BCUT2D eigenvalue weighted by Gasteiger charge is -2.55. The summed E-state index contributed by atoms with van der Waals surface area (Å²) in [6.45, 7) is 3.09. The van der Waals surface area contributed by atoms with Gasteiger partial charge in [0, 0.05) is 13.1 Å². The SMILES string of the molecule is C#CCN1CC(=O)N2[C@@H](CCCC)C(=O)N(Cc3ccccc3)C[C@@H]2N1C(=O)NCc1ccccc1. The Bertz CT molecular complexity index is 1100. The normalized spacial score (nSPS) is 20.2. The molecule has 2 aliphatic rings. The van der Waals surface area contributed by atoms with Gasteiger partial charge in [-0.2, -0.15) is 5.01 Å². The van der Waals surface area contributed by atoms with E-state index in [-0.39, 0.29) is 37.5 Å². The Labute approximate surface area is 212 Å². The number of benzene rings is 2. The van der Waals surface area contributed by atoms with E-state index in [1.165, 1.54) is 0 Å². The average Bonchev–Trinajstić information content (AvgIpc) is 2.89. The van der Waals surface area contributed by atoms with E-state index in [0.29, 0.717) is 19.5 Å². The molecule has 2 aromatic rings. The lowest BCUT2D eigenvalue weighted by molar-refractivity contribution is -0.189. The van der Waals surface area contributed by atoms with Crippen LogP contribution in [0.5, 0.6) is 0 Å². The highest BCUT2D eigenvalue weighted by Gasteiger charge is 2.50. The van der Waals surface area contributed by atoms with Crippen LogP contribution < -0.4 is 5.32 Å². The van der Waals surface area contributed by atoms with Crippen LogP contribution in [0.2, 0.25) is 0 Å². The molecule has 188 valence electrons. The minimum absolute atomic E-state index is 0.0476. The molecule has 0 radical (unpaired) electrons. The minimum Gasteiger partial charge on any atom is -0.333 e. The molecule has 0 spiro atoms. The monoisotopic (exact) mass is 487 g/mol. The summed E-state index contributed by atoms with van der Waals surface area (Å²) in [7, 11) is 0. The minimum atomic E-state index is -0.640. The molecule has 2 aromatic carbocycles. The Hall–Kier alpha value is -3.83. The van der Waals surface area contributed by atoms with Gasteiger partial charge in [-0.1, -0.05) is 86.3 Å². The zero-order chi connectivity index (χ0) is 25.5. The number of nitrogens with one attached hydrogen (secondary N) is 1. The molecule has 4 rings (SSSR count). The van der Waals surface area contributed by atoms with Gasteiger partial charge in [0.05, 0.1) is 19.6 Å². The van der Waals surface area contributed by atoms with Gasteiger partial charge in [-0.05, 0) is 17.5 Å². The van der Waals surface area contributed by atoms with E-state index in [1.54, 1.807) is 19.8 Å². The molecule has 2 heterocycles. The van der Waals surface area contributed by atoms with Crippen LogP contribution in [0, 0.1) is 12.3 Å². The zero-order valence-corrected chi connectivity index (χ0v) is 20.7. The molecule has 0 aliphatic carbocycles. The van der Waals surface area contributed by atoms with Crippen molar-refractivity contribution in [2.45, 2.75) is 51.5 Å². The van der Waals surface area contributed by atoms with Gasteiger partial charge in [-0.25, -0.2) is 9.80 Å². The fraction of sp³-hybridized carbons (Fsp3) is 0.393. The number of amides is 4. The van der Waals surface area contributed by atoms with Crippen LogP contribution in [0.25, 0.3) is 0 Å². The number of fused-ring (bicyclic) bond motifs is 1. The third-order valence-electron chi connectivity index (χ3n) is 6.65. The predicted molar refractivity (Wildman–Crippen MR) is 137 cm³/mol. The first-order chi connectivity index (χ1) is 17.5. The number of piperazine rings is 1. The van der Waals surface area contributed by atoms with Gasteiger partial charge in [0.25, 0.3) is 0 Å². The summed E-state index contributed by atoms with van der Waals surface area (Å²) in [6, 6.07) is 18.4. The van der Waals surface area contributed by atoms with Crippen LogP contribution in [0.4, 0.5) is 4.79 Å². The molecule has 2 fully saturated rings. The number of hydrazine groups is 1. The maximum Gasteiger partial charge on any atom is 0.334 e. The summed E-state index contributed by atoms with van der Waals surface area (Å²) < 4.78 is 0. The Morgan fingerprint density at radius 3 is 2.36 bits per heavy atom. The summed E-state index contributed by atoms with van der Waals surface area (Å²) in [5.74, 6) is 2.31. The second-order valence-electron chi connectivity index (χ2n) is 9.16. The predicted octanol–water partition coefficient (Wildman–Crippen LogP) is 2.82. The number of rotatable bonds is 8. The summed E-state index contributed by atoms with van der Waals surface area (Å²) in [5, 5.41) is 6.13. The smallest absolute Gasteiger partial charge is 0.333 e. The molecule has 2 atom stereocenters. The Morgan fingerprint density at radius 2 is 1.72 bits per heavy atom. The van der Waals surface area contributed by atoms with Crippen LogP contribution in [-0.2, 0) is 22.7 Å². The van der Waals surface area contributed by atoms with E-state index in [1.807, 2.05) is 60.7 Å². The van der Waals surface area contributed by atoms with Gasteiger partial charge in [-0.3, -0.25) is 9.59 Å². The largest absolute Gasteiger partial charge is 0.334 e. The van der Waals surface area contributed by atoms with Gasteiger partial charge in [-0.15, -0.1) is 6.42 Å². The van der Waals surface area contributed by atoms with Crippen molar-refractivity contribution in [2.75, 3.05) is 19.6 Å². The lowest BCUT2D eigenvalue weighted by Crippen LogP contribution is -2.76. The van der Waals surface area contributed by atoms with Crippen molar-refractivity contribution in [1.82, 2.24) is 25.1 Å². The fourth-order valence-corrected chi connectivity index (χ4v) is 4.91. The Morgan fingerprint density at radius 1 is 1.06 bits per heavy atom. The number of carbonyl (C=O) groups excluding carboxylic acids is 3. The number of hydrogen-bond donors (Lipinski definition) is 1. The molecule has 4 amide bonds. The topological polar surface area (TPSA) is 76.2 Å². The summed E-state index contributed by atoms with van der Waals surface area (Å²) in [4.78, 5) is 43.9. The molecule has 8 heteroatoms. The van der Waals surface area contributed by atoms with Crippen molar-refractivity contribution in [2.24, 2.45) is 0 Å². The average molecular weight is 488 g/mol. The fourth-order valence-electron chi connectivity index (χ4n) is 4.91. The quantitative estimate of drug-likeness (QED) is 0.581. The van der Waals surface area contributed by atoms with Crippen molar-refractivity contribution in [3.63, 3.8) is 0 Å². The highest BCUT2D eigenvalue weighted by molar-refractivity contribution is 5.91. The highest BCUT2D eigenvalue weighted by Crippen LogP contribution is 2.29. The van der Waals surface area contributed by atoms with Gasteiger partial charge >= 0.3 is 6.03 Å². The van der Waals surface area contributed by atoms with Gasteiger partial charge < -0.3 is 15.1 Å². The van der Waals surface area contributed by atoms with E-state index < -0.39 is 12.2 Å². The molecular formula is C28H33N5O3. The molecule has 0 aromatic heterocycles. The lowest BCUT2D eigenvalue weighted by atomic mass is 10.0. The first-order valence-electron chi connectivity index (χ1n) is 12.5. The van der Waals surface area contributed by atoms with Gasteiger partial charge in [0.2, 0.25) is 11.8 Å². The van der Waals surface area contributed by atoms with Crippen LogP contribution in [0.1, 0.15) is 37.3 Å². The number of unbranched alkanes of at least 4 members (excludes halogenated alkanes) is 1. The Kier molecular flexibility index (Phi) is 8.24. The molecule has 36 heavy (non-hydrogen) atoms. The maximum atomic E-state index is 13.6. The second-order valence-corrected chi connectivity index (χ2v) is 9.16. The van der Waals surface area contributed by atoms with E-state index in [0.717, 1.165) is 24.0 Å². The van der Waals surface area contributed by atoms with E-state index in [4.69, 9.17) is 6.42 Å². The molecule has 2 aliphatic heterocycles. The van der Waals surface area contributed by atoms with Crippen molar-refractivity contribution >= 4 is 17.8 Å². The Balaban J connectivity index is 1.64. The number of urea groups is 1. The second kappa shape index (κ2) is 11.7. The third-order valence-corrected chi connectivity index (χ3v) is 6.65. The third kappa shape index (κ3) is 5.52. The molecule has 2 saturated heterocycles. The number of terminal acetylenes is 1. The van der Waals surface area contributed by atoms with Crippen LogP contribution in [0.3, 0.4) is 0 Å². The summed E-state index contributed by atoms with van der Waals surface area (Å²) >= 11 is 0. The number of nitrogens with zero attached hydrogens (tertiary/aromatic N) is 4. The van der Waals surface area contributed by atoms with E-state index >= 15 is 0 Å². The molecule has 0 bridgehead atoms. The number of hydrogen-bond acceptors (Lipinski definition) is 4. The maximum absolute atomic E-state index is 13.6. The van der Waals surface area contributed by atoms with Crippen LogP contribution >= 0.6 is 0 Å². The van der Waals surface area contributed by atoms with Crippen molar-refractivity contribution in [3.8, 4) is 12.3 Å². The van der Waals surface area contributed by atoms with Gasteiger partial charge in [0.1, 0.15) is 12.2 Å². The van der Waals surface area contributed by atoms with E-state index in [2.05, 4.69) is 18.2 Å². The number of carbonyl (C=O) groups is 3. The van der Waals surface area contributed by atoms with E-state index in [9.17, 15) is 14.4 Å². The van der Waals surface area contributed by atoms with Crippen molar-refractivity contribution in [3.05, 3.63) is 71.8 Å². The first kappa shape index (κ1) is 25.3. The van der Waals surface area contributed by atoms with Crippen molar-refractivity contribution in [1.29, 1.82) is 0 Å². The standard InChI is InChI=1S/C28H33N5O3/c1-3-5-16-24-27(35)30(19-23-14-10-7-11-15-23)20-25-32(24)26(34)21-31(17-4-2)33(25)28(36)29-18-22-12-8-6-9-13-22/h2,6-15,24-25H,3,5,16-21H2,1H3,(H,29,36)/t24-,25-/m0/s1. The van der Waals surface area contributed by atoms with Crippen LogP contribution in [-0.4, -0.2) is 69.5 Å². The van der Waals surface area contributed by atoms with Crippen LogP contribution in [0.15, 0.2) is 60.7 Å². The van der Waals surface area contributed by atoms with Crippen molar-refractivity contribution < 1.29 is 14.4 Å². The zero-order valence-electron chi connectivity index (χ0n) is 20.7. The van der Waals surface area contributed by atoms with Gasteiger partial charge in [0.15, 0.2) is 0 Å². The summed E-state index contributed by atoms with van der Waals surface area (Å²) in [5.41, 5.74) is 1.96. The first-order valence-corrected chi connectivity index (χ1v) is 12.5. The molecule has 0 saturated carbocycles. The molecule has 0 unspecified atom stereocenters. The molecular weight excluding hydrogens is 454 g/mol. The molecule has 8 nitrogen and oxygen atoms in total. The highest BCUT2D eigenvalue weighted by atomic mass is 16.2. The molecule has 1 N–H and O–H groups in total.